The van der Waals surface area contributed by atoms with Crippen molar-refractivity contribution >= 4 is 35.2 Å². The summed E-state index contributed by atoms with van der Waals surface area (Å²) >= 11 is 0. The van der Waals surface area contributed by atoms with E-state index in [1.807, 2.05) is 0 Å². The SMILES string of the molecule is [O-]N([O-])c1cccc(C=NNc2nc(Nc3ccc(N(O)O)cc3)nc(OC(C(F)(F)F)C(F)(F)F)n2)c1. The maximum atomic E-state index is 13.0. The Morgan fingerprint density at radius 2 is 1.53 bits per heavy atom. The van der Waals surface area contributed by atoms with Crippen LogP contribution < -0.4 is 25.9 Å². The third kappa shape index (κ3) is 7.77. The average molecular weight is 548 g/mol. The molecule has 0 atom stereocenters. The quantitative estimate of drug-likeness (QED) is 0.169. The molecule has 0 aliphatic heterocycles. The Hall–Kier alpha value is -4.46. The van der Waals surface area contributed by atoms with E-state index in [0.29, 0.717) is 0 Å². The first-order chi connectivity index (χ1) is 17.7. The number of nitrogens with one attached hydrogen (secondary N) is 2. The Labute approximate surface area is 207 Å². The van der Waals surface area contributed by atoms with Gasteiger partial charge in [-0.3, -0.25) is 10.4 Å². The first kappa shape index (κ1) is 28.1. The lowest BCUT2D eigenvalue weighted by Crippen LogP contribution is -2.46. The maximum absolute atomic E-state index is 13.0. The Kier molecular flexibility index (Phi) is 8.36. The lowest BCUT2D eigenvalue weighted by Gasteiger charge is -2.37. The van der Waals surface area contributed by atoms with Crippen molar-refractivity contribution in [1.82, 2.24) is 15.0 Å². The highest BCUT2D eigenvalue weighted by atomic mass is 19.4. The molecule has 1 heterocycles. The van der Waals surface area contributed by atoms with Crippen LogP contribution in [0.4, 0.5) is 55.3 Å². The summed E-state index contributed by atoms with van der Waals surface area (Å²) in [4.78, 5) is 10.6. The van der Waals surface area contributed by atoms with Crippen LogP contribution in [0, 0.1) is 10.4 Å². The minimum atomic E-state index is -5.86. The van der Waals surface area contributed by atoms with Crippen LogP contribution in [0.25, 0.3) is 0 Å². The zero-order chi connectivity index (χ0) is 28.1. The van der Waals surface area contributed by atoms with Crippen LogP contribution in [0.3, 0.4) is 0 Å². The van der Waals surface area contributed by atoms with Crippen molar-refractivity contribution in [2.75, 3.05) is 21.2 Å². The summed E-state index contributed by atoms with van der Waals surface area (Å²) in [7, 11) is 0. The largest absolute Gasteiger partial charge is 0.769 e. The second kappa shape index (κ2) is 11.3. The summed E-state index contributed by atoms with van der Waals surface area (Å²) in [6.45, 7) is 0. The standard InChI is InChI=1S/C19H14F6N8O5/c20-18(21,22)14(19(23,24)25)38-17-29-15(27-11-4-6-12(7-5-11)32(34)35)28-16(30-17)31-26-9-10-2-1-3-13(8-10)33(36)37/h1-9,14,34-35H,(H2,27,28,29,30,31)/q-2. The van der Waals surface area contributed by atoms with Crippen molar-refractivity contribution in [3.63, 3.8) is 0 Å². The summed E-state index contributed by atoms with van der Waals surface area (Å²) in [5.41, 5.74) is 2.16. The molecular formula is C19H14F6N8O5-2. The fourth-order valence-corrected chi connectivity index (χ4v) is 2.63. The van der Waals surface area contributed by atoms with E-state index in [-0.39, 0.29) is 27.9 Å². The van der Waals surface area contributed by atoms with E-state index in [1.54, 1.807) is 0 Å². The molecule has 0 spiro atoms. The van der Waals surface area contributed by atoms with Gasteiger partial charge in [0.25, 0.3) is 12.1 Å². The lowest BCUT2D eigenvalue weighted by molar-refractivity contribution is -0.301. The molecule has 0 aliphatic rings. The first-order valence-electron chi connectivity index (χ1n) is 9.87. The minimum Gasteiger partial charge on any atom is -0.769 e. The zero-order valence-electron chi connectivity index (χ0n) is 18.3. The summed E-state index contributed by atoms with van der Waals surface area (Å²) < 4.78 is 81.8. The number of hydrogen-bond acceptors (Lipinski definition) is 13. The number of benzene rings is 2. The molecule has 204 valence electrons. The predicted octanol–water partition coefficient (Wildman–Crippen LogP) is 4.32. The van der Waals surface area contributed by atoms with Crippen LogP contribution in [0.1, 0.15) is 5.56 Å². The van der Waals surface area contributed by atoms with Crippen molar-refractivity contribution in [3.8, 4) is 6.01 Å². The topological polar surface area (TPSA) is 177 Å². The van der Waals surface area contributed by atoms with Gasteiger partial charge in [-0.1, -0.05) is 12.1 Å². The highest BCUT2D eigenvalue weighted by Crippen LogP contribution is 2.36. The number of hydrogen-bond donors (Lipinski definition) is 4. The number of rotatable bonds is 9. The monoisotopic (exact) mass is 548 g/mol. The van der Waals surface area contributed by atoms with Gasteiger partial charge in [-0.2, -0.15) is 46.4 Å². The van der Waals surface area contributed by atoms with Crippen molar-refractivity contribution in [2.24, 2.45) is 5.10 Å². The van der Waals surface area contributed by atoms with Crippen molar-refractivity contribution in [2.45, 2.75) is 18.5 Å². The van der Waals surface area contributed by atoms with Crippen molar-refractivity contribution in [1.29, 1.82) is 0 Å². The lowest BCUT2D eigenvalue weighted by atomic mass is 10.2. The smallest absolute Gasteiger partial charge is 0.434 e. The van der Waals surface area contributed by atoms with Crippen LogP contribution in [0.5, 0.6) is 6.01 Å². The van der Waals surface area contributed by atoms with Gasteiger partial charge >= 0.3 is 18.4 Å². The van der Waals surface area contributed by atoms with Gasteiger partial charge in [0.1, 0.15) is 0 Å². The second-order valence-electron chi connectivity index (χ2n) is 7.03. The fourth-order valence-electron chi connectivity index (χ4n) is 2.63. The number of halogens is 6. The number of aromatic nitrogens is 3. The number of alkyl halides is 6. The minimum absolute atomic E-state index is 0.0775. The maximum Gasteiger partial charge on any atom is 0.434 e. The highest BCUT2D eigenvalue weighted by molar-refractivity contribution is 5.82. The molecule has 0 aliphatic carbocycles. The van der Waals surface area contributed by atoms with Gasteiger partial charge in [-0.05, 0) is 42.0 Å². The molecule has 0 unspecified atom stereocenters. The molecule has 19 heteroatoms. The molecule has 0 amide bonds. The summed E-state index contributed by atoms with van der Waals surface area (Å²) in [6.07, 6.45) is -14.9. The summed E-state index contributed by atoms with van der Waals surface area (Å²) in [6, 6.07) is 8.63. The summed E-state index contributed by atoms with van der Waals surface area (Å²) in [5, 5.41) is 45.0. The Bertz CT molecular complexity index is 1240. The molecule has 13 nitrogen and oxygen atoms in total. The molecule has 38 heavy (non-hydrogen) atoms. The Balaban J connectivity index is 1.91. The second-order valence-corrected chi connectivity index (χ2v) is 7.03. The molecule has 0 saturated heterocycles. The molecule has 0 radical (unpaired) electrons. The van der Waals surface area contributed by atoms with E-state index >= 15 is 0 Å². The molecule has 3 rings (SSSR count). The normalized spacial score (nSPS) is 12.1. The third-order valence-electron chi connectivity index (χ3n) is 4.25. The van der Waals surface area contributed by atoms with Crippen LogP contribution in [0.15, 0.2) is 53.6 Å². The first-order valence-corrected chi connectivity index (χ1v) is 9.87. The van der Waals surface area contributed by atoms with Crippen LogP contribution in [-0.4, -0.2) is 50.0 Å². The molecule has 3 aromatic rings. The Morgan fingerprint density at radius 1 is 0.895 bits per heavy atom. The van der Waals surface area contributed by atoms with Crippen LogP contribution in [0.2, 0.25) is 0 Å². The van der Waals surface area contributed by atoms with E-state index < -0.39 is 41.6 Å². The molecule has 0 fully saturated rings. The zero-order valence-corrected chi connectivity index (χ0v) is 18.3. The number of nitrogens with zero attached hydrogens (tertiary/aromatic N) is 6. The van der Waals surface area contributed by atoms with Crippen molar-refractivity contribution < 1.29 is 41.5 Å². The molecule has 0 bridgehead atoms. The fraction of sp³-hybridized carbons (Fsp3) is 0.158. The van der Waals surface area contributed by atoms with Crippen LogP contribution >= 0.6 is 0 Å². The van der Waals surface area contributed by atoms with E-state index in [1.165, 1.54) is 42.5 Å². The van der Waals surface area contributed by atoms with Crippen LogP contribution in [-0.2, 0) is 0 Å². The number of anilines is 5. The van der Waals surface area contributed by atoms with E-state index in [4.69, 9.17) is 10.4 Å². The van der Waals surface area contributed by atoms with Gasteiger partial charge in [0.15, 0.2) is 0 Å². The highest BCUT2D eigenvalue weighted by Gasteiger charge is 2.59. The number of ether oxygens (including phenoxy) is 1. The van der Waals surface area contributed by atoms with Gasteiger partial charge in [0, 0.05) is 11.4 Å². The van der Waals surface area contributed by atoms with Crippen molar-refractivity contribution in [3.05, 3.63) is 64.5 Å². The van der Waals surface area contributed by atoms with Gasteiger partial charge in [0.2, 0.25) is 5.95 Å². The number of hydrazone groups is 1. The molecular weight excluding hydrogens is 534 g/mol. The third-order valence-corrected chi connectivity index (χ3v) is 4.25. The molecule has 0 saturated carbocycles. The van der Waals surface area contributed by atoms with E-state index in [9.17, 15) is 36.8 Å². The predicted molar refractivity (Wildman–Crippen MR) is 119 cm³/mol. The van der Waals surface area contributed by atoms with E-state index in [0.717, 1.165) is 12.3 Å². The van der Waals surface area contributed by atoms with Gasteiger partial charge < -0.3 is 25.7 Å². The van der Waals surface area contributed by atoms with Gasteiger partial charge in [0.05, 0.1) is 11.9 Å². The van der Waals surface area contributed by atoms with E-state index in [2.05, 4.69) is 35.5 Å². The molecule has 4 N–H and O–H groups in total. The average Bonchev–Trinajstić information content (AvgIpc) is 2.81. The van der Waals surface area contributed by atoms with Gasteiger partial charge in [-0.15, -0.1) is 5.23 Å². The van der Waals surface area contributed by atoms with Gasteiger partial charge in [-0.25, -0.2) is 5.43 Å². The molecule has 2 aromatic carbocycles. The Morgan fingerprint density at radius 3 is 2.11 bits per heavy atom. The summed E-state index contributed by atoms with van der Waals surface area (Å²) in [5.74, 6) is -1.24. The molecule has 1 aromatic heterocycles.